The number of hydrogen-bond acceptors (Lipinski definition) is 8. The number of thioether (sulfide) groups is 1. The van der Waals surface area contributed by atoms with E-state index in [0.29, 0.717) is 39.6 Å². The van der Waals surface area contributed by atoms with Crippen LogP contribution in [0.3, 0.4) is 0 Å². The molecule has 2 aliphatic rings. The Balaban J connectivity index is 1.43. The van der Waals surface area contributed by atoms with Gasteiger partial charge in [0.25, 0.3) is 5.91 Å². The Morgan fingerprint density at radius 2 is 1.91 bits per heavy atom. The summed E-state index contributed by atoms with van der Waals surface area (Å²) in [4.78, 5) is 31.2. The molecule has 0 radical (unpaired) electrons. The molecule has 0 unspecified atom stereocenters. The van der Waals surface area contributed by atoms with Gasteiger partial charge in [-0.1, -0.05) is 35.5 Å². The zero-order chi connectivity index (χ0) is 23.7. The van der Waals surface area contributed by atoms with Gasteiger partial charge in [0.2, 0.25) is 12.6 Å². The van der Waals surface area contributed by atoms with E-state index >= 15 is 0 Å². The quantitative estimate of drug-likeness (QED) is 0.387. The number of furan rings is 1. The number of fused-ring (bicyclic) bond motifs is 1. The van der Waals surface area contributed by atoms with Crippen LogP contribution < -0.4 is 14.4 Å². The molecule has 0 saturated heterocycles. The van der Waals surface area contributed by atoms with Gasteiger partial charge in [-0.2, -0.15) is 0 Å². The summed E-state index contributed by atoms with van der Waals surface area (Å²) in [5, 5.41) is 0.511. The summed E-state index contributed by atoms with van der Waals surface area (Å²) >= 11 is 1.34. The highest BCUT2D eigenvalue weighted by Crippen LogP contribution is 2.35. The number of esters is 1. The van der Waals surface area contributed by atoms with Crippen LogP contribution in [0.4, 0.5) is 5.69 Å². The van der Waals surface area contributed by atoms with Gasteiger partial charge in [-0.25, -0.2) is 9.79 Å². The number of carbonyl (C=O) groups is 2. The molecule has 0 spiro atoms. The van der Waals surface area contributed by atoms with Crippen molar-refractivity contribution < 1.29 is 28.2 Å². The summed E-state index contributed by atoms with van der Waals surface area (Å²) < 4.78 is 21.0. The van der Waals surface area contributed by atoms with Crippen molar-refractivity contribution in [1.82, 2.24) is 0 Å². The van der Waals surface area contributed by atoms with E-state index in [1.807, 2.05) is 43.3 Å². The van der Waals surface area contributed by atoms with Crippen LogP contribution in [0, 0.1) is 6.92 Å². The maximum Gasteiger partial charge on any atom is 0.373 e. The number of amides is 1. The summed E-state index contributed by atoms with van der Waals surface area (Å²) in [7, 11) is 1.30. The van der Waals surface area contributed by atoms with Crippen LogP contribution in [0.1, 0.15) is 27.4 Å². The molecule has 0 N–H and O–H groups in total. The molecular weight excluding hydrogens is 456 g/mol. The minimum atomic E-state index is -0.542. The molecule has 3 aromatic rings. The Labute approximate surface area is 199 Å². The molecule has 172 valence electrons. The van der Waals surface area contributed by atoms with E-state index in [0.717, 1.165) is 11.1 Å². The van der Waals surface area contributed by atoms with Gasteiger partial charge in [-0.15, -0.1) is 0 Å². The van der Waals surface area contributed by atoms with Crippen molar-refractivity contribution in [3.05, 3.63) is 82.9 Å². The van der Waals surface area contributed by atoms with Crippen LogP contribution in [0.5, 0.6) is 11.5 Å². The van der Waals surface area contributed by atoms with Gasteiger partial charge < -0.3 is 18.6 Å². The van der Waals surface area contributed by atoms with Crippen molar-refractivity contribution in [2.24, 2.45) is 4.99 Å². The number of amidine groups is 1. The van der Waals surface area contributed by atoms with Gasteiger partial charge in [0.15, 0.2) is 16.7 Å². The molecule has 2 aliphatic heterocycles. The average Bonchev–Trinajstić information content (AvgIpc) is 3.57. The number of nitrogens with zero attached hydrogens (tertiary/aromatic N) is 2. The van der Waals surface area contributed by atoms with E-state index in [4.69, 9.17) is 13.9 Å². The predicted molar refractivity (Wildman–Crippen MR) is 128 cm³/mol. The number of carbonyl (C=O) groups excluding carboxylic acids is 2. The summed E-state index contributed by atoms with van der Waals surface area (Å²) in [6, 6.07) is 16.4. The summed E-state index contributed by atoms with van der Waals surface area (Å²) in [6.45, 7) is 2.17. The smallest absolute Gasteiger partial charge is 0.373 e. The SMILES string of the molecule is COC(=O)c1ccc(CSC2=N/C(=C\c3ccc4c(c3)OCO4)C(=O)N2c2ccc(C)cc2)o1. The van der Waals surface area contributed by atoms with Crippen LogP contribution in [-0.2, 0) is 15.3 Å². The standard InChI is InChI=1S/C25H20N2O6S/c1-15-3-6-17(7-4-15)27-23(28)19(11-16-5-9-20-22(12-16)32-14-31-20)26-25(27)34-13-18-8-10-21(33-18)24(29)30-2/h3-12H,13-14H2,1-2H3/b19-11-. The Kier molecular flexibility index (Phi) is 5.85. The zero-order valence-corrected chi connectivity index (χ0v) is 19.3. The highest BCUT2D eigenvalue weighted by Gasteiger charge is 2.32. The van der Waals surface area contributed by atoms with E-state index in [9.17, 15) is 9.59 Å². The first kappa shape index (κ1) is 21.8. The lowest BCUT2D eigenvalue weighted by atomic mass is 10.1. The molecule has 9 heteroatoms. The maximum atomic E-state index is 13.4. The van der Waals surface area contributed by atoms with Crippen LogP contribution in [0.15, 0.2) is 69.7 Å². The lowest BCUT2D eigenvalue weighted by Gasteiger charge is -2.17. The summed E-state index contributed by atoms with van der Waals surface area (Å²) in [6.07, 6.45) is 1.72. The lowest BCUT2D eigenvalue weighted by Crippen LogP contribution is -2.30. The number of aliphatic imine (C=N–C) groups is 1. The summed E-state index contributed by atoms with van der Waals surface area (Å²) in [5.74, 6) is 1.60. The van der Waals surface area contributed by atoms with Crippen molar-refractivity contribution in [2.75, 3.05) is 18.8 Å². The minimum Gasteiger partial charge on any atom is -0.463 e. The third-order valence-electron chi connectivity index (χ3n) is 5.21. The first-order chi connectivity index (χ1) is 16.5. The molecule has 2 aromatic carbocycles. The molecule has 8 nitrogen and oxygen atoms in total. The molecule has 5 rings (SSSR count). The van der Waals surface area contributed by atoms with Crippen LogP contribution in [0.2, 0.25) is 0 Å². The fourth-order valence-electron chi connectivity index (χ4n) is 3.48. The largest absolute Gasteiger partial charge is 0.463 e. The van der Waals surface area contributed by atoms with Gasteiger partial charge in [0, 0.05) is 0 Å². The maximum absolute atomic E-state index is 13.4. The fourth-order valence-corrected chi connectivity index (χ4v) is 4.38. The van der Waals surface area contributed by atoms with E-state index < -0.39 is 5.97 Å². The zero-order valence-electron chi connectivity index (χ0n) is 18.4. The van der Waals surface area contributed by atoms with Crippen molar-refractivity contribution in [1.29, 1.82) is 0 Å². The molecule has 34 heavy (non-hydrogen) atoms. The number of methoxy groups -OCH3 is 1. The molecule has 0 bridgehead atoms. The predicted octanol–water partition coefficient (Wildman–Crippen LogP) is 4.78. The second-order valence-electron chi connectivity index (χ2n) is 7.56. The molecule has 3 heterocycles. The topological polar surface area (TPSA) is 90.6 Å². The Bertz CT molecular complexity index is 1330. The molecular formula is C25H20N2O6S. The van der Waals surface area contributed by atoms with E-state index in [2.05, 4.69) is 9.73 Å². The second kappa shape index (κ2) is 9.11. The monoisotopic (exact) mass is 476 g/mol. The van der Waals surface area contributed by atoms with E-state index in [1.54, 1.807) is 29.2 Å². The summed E-state index contributed by atoms with van der Waals surface area (Å²) in [5.41, 5.74) is 2.88. The normalized spacial score (nSPS) is 15.7. The highest BCUT2D eigenvalue weighted by atomic mass is 32.2. The number of aryl methyl sites for hydroxylation is 1. The second-order valence-corrected chi connectivity index (χ2v) is 8.50. The molecule has 0 saturated carbocycles. The lowest BCUT2D eigenvalue weighted by molar-refractivity contribution is -0.113. The molecule has 1 aromatic heterocycles. The number of ether oxygens (including phenoxy) is 3. The van der Waals surface area contributed by atoms with Gasteiger partial charge in [-0.3, -0.25) is 9.69 Å². The van der Waals surface area contributed by atoms with Gasteiger partial charge >= 0.3 is 5.97 Å². The first-order valence-electron chi connectivity index (χ1n) is 10.4. The number of benzene rings is 2. The van der Waals surface area contributed by atoms with Crippen LogP contribution in [-0.4, -0.2) is 30.9 Å². The Hall–Kier alpha value is -3.98. The molecule has 1 amide bonds. The average molecular weight is 477 g/mol. The number of rotatable bonds is 5. The highest BCUT2D eigenvalue weighted by molar-refractivity contribution is 8.13. The number of anilines is 1. The van der Waals surface area contributed by atoms with Crippen molar-refractivity contribution >= 4 is 40.6 Å². The third-order valence-corrected chi connectivity index (χ3v) is 6.17. The van der Waals surface area contributed by atoms with Crippen molar-refractivity contribution in [3.8, 4) is 11.5 Å². The van der Waals surface area contributed by atoms with E-state index in [-0.39, 0.29) is 18.5 Å². The van der Waals surface area contributed by atoms with Gasteiger partial charge in [0.05, 0.1) is 18.6 Å². The molecule has 0 fully saturated rings. The molecule has 0 aliphatic carbocycles. The van der Waals surface area contributed by atoms with Crippen LogP contribution >= 0.6 is 11.8 Å². The van der Waals surface area contributed by atoms with Gasteiger partial charge in [0.1, 0.15) is 11.5 Å². The Morgan fingerprint density at radius 1 is 1.12 bits per heavy atom. The minimum absolute atomic E-state index is 0.126. The Morgan fingerprint density at radius 3 is 2.71 bits per heavy atom. The van der Waals surface area contributed by atoms with Crippen molar-refractivity contribution in [2.45, 2.75) is 12.7 Å². The molecule has 0 atom stereocenters. The van der Waals surface area contributed by atoms with E-state index in [1.165, 1.54) is 18.9 Å². The first-order valence-corrected chi connectivity index (χ1v) is 11.4. The third kappa shape index (κ3) is 4.29. The fraction of sp³-hybridized carbons (Fsp3) is 0.160. The van der Waals surface area contributed by atoms with Gasteiger partial charge in [-0.05, 0) is 55.0 Å². The number of hydrogen-bond donors (Lipinski definition) is 0. The van der Waals surface area contributed by atoms with Crippen LogP contribution in [0.25, 0.3) is 6.08 Å². The van der Waals surface area contributed by atoms with Crippen molar-refractivity contribution in [3.63, 3.8) is 0 Å².